The van der Waals surface area contributed by atoms with Crippen LogP contribution in [-0.4, -0.2) is 27.2 Å². The summed E-state index contributed by atoms with van der Waals surface area (Å²) < 4.78 is 0. The van der Waals surface area contributed by atoms with Crippen LogP contribution >= 0.6 is 0 Å². The summed E-state index contributed by atoms with van der Waals surface area (Å²) in [6.45, 7) is 1.81. The third-order valence-corrected chi connectivity index (χ3v) is 3.31. The molecule has 1 saturated carbocycles. The van der Waals surface area contributed by atoms with Crippen molar-refractivity contribution < 1.29 is 10.0 Å². The van der Waals surface area contributed by atoms with E-state index in [1.165, 1.54) is 12.3 Å². The van der Waals surface area contributed by atoms with Gasteiger partial charge >= 0.3 is 0 Å². The van der Waals surface area contributed by atoms with Crippen LogP contribution < -0.4 is 5.32 Å². The number of aliphatic hydroxyl groups excluding tert-OH is 1. The summed E-state index contributed by atoms with van der Waals surface area (Å²) in [5.41, 5.74) is 0.785. The molecule has 0 radical (unpaired) electrons. The lowest BCUT2D eigenvalue weighted by Crippen LogP contribution is -2.28. The molecular formula is C12H17N3O3. The van der Waals surface area contributed by atoms with E-state index >= 15 is 0 Å². The summed E-state index contributed by atoms with van der Waals surface area (Å²) in [4.78, 5) is 14.3. The van der Waals surface area contributed by atoms with Crippen molar-refractivity contribution in [1.29, 1.82) is 0 Å². The molecule has 0 spiro atoms. The Morgan fingerprint density at radius 3 is 2.67 bits per heavy atom. The first-order valence-electron chi connectivity index (χ1n) is 6.12. The summed E-state index contributed by atoms with van der Waals surface area (Å²) in [6.07, 6.45) is 4.48. The quantitative estimate of drug-likeness (QED) is 0.633. The maximum absolute atomic E-state index is 10.6. The molecule has 0 aromatic carbocycles. The second-order valence-corrected chi connectivity index (χ2v) is 4.77. The highest BCUT2D eigenvalue weighted by Gasteiger charge is 2.20. The van der Waals surface area contributed by atoms with E-state index in [1.807, 2.05) is 0 Å². The van der Waals surface area contributed by atoms with E-state index in [0.717, 1.165) is 31.2 Å². The van der Waals surface area contributed by atoms with Crippen molar-refractivity contribution >= 4 is 11.5 Å². The van der Waals surface area contributed by atoms with Crippen LogP contribution in [0.15, 0.2) is 12.3 Å². The third-order valence-electron chi connectivity index (χ3n) is 3.31. The fourth-order valence-corrected chi connectivity index (χ4v) is 2.22. The molecule has 6 heteroatoms. The standard InChI is InChI=1S/C12H17N3O3/c1-8-6-10(15(17)18)7-13-12(8)14-9-2-4-11(16)5-3-9/h6-7,9,11,16H,2-5H2,1H3,(H,13,14). The molecule has 1 aromatic rings. The van der Waals surface area contributed by atoms with Gasteiger partial charge in [-0.15, -0.1) is 0 Å². The van der Waals surface area contributed by atoms with Crippen LogP contribution in [0.25, 0.3) is 0 Å². The van der Waals surface area contributed by atoms with Gasteiger partial charge < -0.3 is 10.4 Å². The number of nitrogens with one attached hydrogen (secondary N) is 1. The van der Waals surface area contributed by atoms with E-state index in [-0.39, 0.29) is 11.8 Å². The number of hydrogen-bond acceptors (Lipinski definition) is 5. The fraction of sp³-hybridized carbons (Fsp3) is 0.583. The summed E-state index contributed by atoms with van der Waals surface area (Å²) >= 11 is 0. The molecule has 0 aliphatic heterocycles. The Bertz CT molecular complexity index is 442. The molecule has 6 nitrogen and oxygen atoms in total. The largest absolute Gasteiger partial charge is 0.393 e. The molecule has 0 unspecified atom stereocenters. The van der Waals surface area contributed by atoms with E-state index in [9.17, 15) is 15.2 Å². The number of aromatic nitrogens is 1. The molecule has 0 saturated heterocycles. The van der Waals surface area contributed by atoms with Crippen molar-refractivity contribution in [2.45, 2.75) is 44.8 Å². The second-order valence-electron chi connectivity index (χ2n) is 4.77. The second kappa shape index (κ2) is 5.30. The smallest absolute Gasteiger partial charge is 0.287 e. The monoisotopic (exact) mass is 251 g/mol. The number of anilines is 1. The lowest BCUT2D eigenvalue weighted by Gasteiger charge is -2.27. The van der Waals surface area contributed by atoms with Gasteiger partial charge in [-0.1, -0.05) is 0 Å². The van der Waals surface area contributed by atoms with Crippen molar-refractivity contribution in [3.63, 3.8) is 0 Å². The summed E-state index contributed by atoms with van der Waals surface area (Å²) in [6, 6.07) is 1.81. The lowest BCUT2D eigenvalue weighted by atomic mass is 9.93. The van der Waals surface area contributed by atoms with E-state index < -0.39 is 4.92 Å². The van der Waals surface area contributed by atoms with Crippen LogP contribution in [0.2, 0.25) is 0 Å². The number of hydrogen-bond donors (Lipinski definition) is 2. The minimum atomic E-state index is -0.444. The van der Waals surface area contributed by atoms with Crippen LogP contribution in [0.4, 0.5) is 11.5 Å². The summed E-state index contributed by atoms with van der Waals surface area (Å²) in [7, 11) is 0. The number of aryl methyl sites for hydroxylation is 1. The minimum Gasteiger partial charge on any atom is -0.393 e. The molecule has 1 aliphatic rings. The Balaban J connectivity index is 2.03. The number of aliphatic hydroxyl groups is 1. The molecule has 18 heavy (non-hydrogen) atoms. The van der Waals surface area contributed by atoms with Crippen molar-refractivity contribution in [2.24, 2.45) is 0 Å². The van der Waals surface area contributed by atoms with E-state index in [0.29, 0.717) is 11.9 Å². The van der Waals surface area contributed by atoms with Gasteiger partial charge in [-0.3, -0.25) is 10.1 Å². The van der Waals surface area contributed by atoms with Crippen molar-refractivity contribution in [1.82, 2.24) is 4.98 Å². The predicted molar refractivity (Wildman–Crippen MR) is 67.5 cm³/mol. The molecule has 0 amide bonds. The zero-order valence-corrected chi connectivity index (χ0v) is 10.3. The van der Waals surface area contributed by atoms with Gasteiger partial charge in [0.1, 0.15) is 12.0 Å². The zero-order valence-electron chi connectivity index (χ0n) is 10.3. The first kappa shape index (κ1) is 12.8. The average Bonchev–Trinajstić information content (AvgIpc) is 2.34. The molecule has 2 rings (SSSR count). The Morgan fingerprint density at radius 1 is 1.44 bits per heavy atom. The SMILES string of the molecule is Cc1cc([N+](=O)[O-])cnc1NC1CCC(O)CC1. The third kappa shape index (κ3) is 2.95. The Labute approximate surface area is 105 Å². The Kier molecular flexibility index (Phi) is 3.76. The van der Waals surface area contributed by atoms with Gasteiger partial charge in [0.05, 0.1) is 11.0 Å². The van der Waals surface area contributed by atoms with Crippen molar-refractivity contribution in [3.8, 4) is 0 Å². The molecule has 1 heterocycles. The van der Waals surface area contributed by atoms with Gasteiger partial charge in [0.25, 0.3) is 5.69 Å². The molecule has 2 N–H and O–H groups in total. The van der Waals surface area contributed by atoms with Crippen LogP contribution in [0.3, 0.4) is 0 Å². The normalized spacial score (nSPS) is 23.7. The van der Waals surface area contributed by atoms with Crippen molar-refractivity contribution in [3.05, 3.63) is 27.9 Å². The van der Waals surface area contributed by atoms with Crippen LogP contribution in [0, 0.1) is 17.0 Å². The van der Waals surface area contributed by atoms with E-state index in [4.69, 9.17) is 0 Å². The van der Waals surface area contributed by atoms with E-state index in [2.05, 4.69) is 10.3 Å². The lowest BCUT2D eigenvalue weighted by molar-refractivity contribution is -0.385. The van der Waals surface area contributed by atoms with Gasteiger partial charge in [-0.2, -0.15) is 0 Å². The number of rotatable bonds is 3. The highest BCUT2D eigenvalue weighted by molar-refractivity contribution is 5.48. The molecule has 0 bridgehead atoms. The van der Waals surface area contributed by atoms with Crippen LogP contribution in [0.1, 0.15) is 31.2 Å². The van der Waals surface area contributed by atoms with Gasteiger partial charge in [-0.05, 0) is 38.2 Å². The average molecular weight is 251 g/mol. The minimum absolute atomic E-state index is 0.0112. The molecule has 1 fully saturated rings. The Hall–Kier alpha value is -1.69. The molecular weight excluding hydrogens is 234 g/mol. The van der Waals surface area contributed by atoms with Gasteiger partial charge in [0.2, 0.25) is 0 Å². The number of pyridine rings is 1. The molecule has 1 aromatic heterocycles. The van der Waals surface area contributed by atoms with Crippen LogP contribution in [0.5, 0.6) is 0 Å². The van der Waals surface area contributed by atoms with Crippen molar-refractivity contribution in [2.75, 3.05) is 5.32 Å². The maximum Gasteiger partial charge on any atom is 0.287 e. The number of nitrogens with zero attached hydrogens (tertiary/aromatic N) is 2. The molecule has 98 valence electrons. The predicted octanol–water partition coefficient (Wildman–Crippen LogP) is 2.01. The topological polar surface area (TPSA) is 88.3 Å². The van der Waals surface area contributed by atoms with Gasteiger partial charge in [0.15, 0.2) is 0 Å². The van der Waals surface area contributed by atoms with Crippen LogP contribution in [-0.2, 0) is 0 Å². The maximum atomic E-state index is 10.6. The first-order valence-corrected chi connectivity index (χ1v) is 6.12. The number of nitro groups is 1. The highest BCUT2D eigenvalue weighted by atomic mass is 16.6. The first-order chi connectivity index (χ1) is 8.56. The molecule has 0 atom stereocenters. The zero-order chi connectivity index (χ0) is 13.1. The van der Waals surface area contributed by atoms with E-state index in [1.54, 1.807) is 6.92 Å². The van der Waals surface area contributed by atoms with Gasteiger partial charge in [0, 0.05) is 12.1 Å². The molecule has 1 aliphatic carbocycles. The summed E-state index contributed by atoms with van der Waals surface area (Å²) in [5, 5.41) is 23.3. The summed E-state index contributed by atoms with van der Waals surface area (Å²) in [5.74, 6) is 0.696. The highest BCUT2D eigenvalue weighted by Crippen LogP contribution is 2.24. The fourth-order valence-electron chi connectivity index (χ4n) is 2.22. The van der Waals surface area contributed by atoms with Gasteiger partial charge in [-0.25, -0.2) is 4.98 Å². The Morgan fingerprint density at radius 2 is 2.11 bits per heavy atom.